The zero-order valence-corrected chi connectivity index (χ0v) is 10.7. The fraction of sp³-hybridized carbons (Fsp3) is 0.385. The molecule has 1 saturated carbocycles. The van der Waals surface area contributed by atoms with Gasteiger partial charge in [-0.1, -0.05) is 6.07 Å². The third-order valence-corrected chi connectivity index (χ3v) is 3.51. The predicted molar refractivity (Wildman–Crippen MR) is 70.3 cm³/mol. The van der Waals surface area contributed by atoms with Gasteiger partial charge in [0.05, 0.1) is 10.6 Å². The zero-order chi connectivity index (χ0) is 14.3. The van der Waals surface area contributed by atoms with E-state index in [0.717, 1.165) is 17.7 Å². The summed E-state index contributed by atoms with van der Waals surface area (Å²) in [5, 5.41) is 10.8. The summed E-state index contributed by atoms with van der Waals surface area (Å²) in [6.07, 6.45) is 2.18. The summed E-state index contributed by atoms with van der Waals surface area (Å²) in [4.78, 5) is 36.9. The van der Waals surface area contributed by atoms with Crippen molar-refractivity contribution in [3.63, 3.8) is 0 Å². The first-order chi connectivity index (χ1) is 9.56. The summed E-state index contributed by atoms with van der Waals surface area (Å²) >= 11 is 0. The number of carbonyl (C=O) groups is 2. The standard InChI is InChI=1S/C13H13N3O4/c17-12-8-14(7-9-4-5-9)13(18)15(12)10-2-1-3-11(6-10)16(19)20/h1-3,6,9H,4-5,7-8H2. The Labute approximate surface area is 114 Å². The molecule has 0 radical (unpaired) electrons. The first-order valence-corrected chi connectivity index (χ1v) is 6.42. The van der Waals surface area contributed by atoms with E-state index in [2.05, 4.69) is 0 Å². The van der Waals surface area contributed by atoms with Crippen LogP contribution in [0.5, 0.6) is 0 Å². The van der Waals surface area contributed by atoms with Crippen molar-refractivity contribution >= 4 is 23.3 Å². The number of rotatable bonds is 4. The Morgan fingerprint density at radius 1 is 1.30 bits per heavy atom. The minimum Gasteiger partial charge on any atom is -0.314 e. The van der Waals surface area contributed by atoms with E-state index in [4.69, 9.17) is 0 Å². The second-order valence-corrected chi connectivity index (χ2v) is 5.11. The molecule has 0 bridgehead atoms. The summed E-state index contributed by atoms with van der Waals surface area (Å²) < 4.78 is 0. The molecule has 1 aromatic carbocycles. The number of nitrogens with zero attached hydrogens (tertiary/aromatic N) is 3. The van der Waals surface area contributed by atoms with Crippen molar-refractivity contribution in [2.45, 2.75) is 12.8 Å². The molecule has 0 unspecified atom stereocenters. The quantitative estimate of drug-likeness (QED) is 0.476. The highest BCUT2D eigenvalue weighted by Gasteiger charge is 2.39. The van der Waals surface area contributed by atoms with Crippen molar-refractivity contribution < 1.29 is 14.5 Å². The monoisotopic (exact) mass is 275 g/mol. The first kappa shape index (κ1) is 12.6. The molecule has 1 aromatic rings. The van der Waals surface area contributed by atoms with Gasteiger partial charge in [-0.3, -0.25) is 14.9 Å². The molecule has 1 heterocycles. The van der Waals surface area contributed by atoms with E-state index in [9.17, 15) is 19.7 Å². The van der Waals surface area contributed by atoms with E-state index in [1.807, 2.05) is 0 Å². The number of imide groups is 1. The number of hydrogen-bond donors (Lipinski definition) is 0. The molecule has 1 saturated heterocycles. The molecule has 7 nitrogen and oxygen atoms in total. The first-order valence-electron chi connectivity index (χ1n) is 6.42. The van der Waals surface area contributed by atoms with Crippen molar-refractivity contribution in [3.05, 3.63) is 34.4 Å². The molecular weight excluding hydrogens is 262 g/mol. The third kappa shape index (κ3) is 2.22. The van der Waals surface area contributed by atoms with Gasteiger partial charge >= 0.3 is 6.03 Å². The molecule has 0 aromatic heterocycles. The molecule has 20 heavy (non-hydrogen) atoms. The van der Waals surface area contributed by atoms with Crippen molar-refractivity contribution in [2.24, 2.45) is 5.92 Å². The lowest BCUT2D eigenvalue weighted by molar-refractivity contribution is -0.384. The Kier molecular flexibility index (Phi) is 2.89. The summed E-state index contributed by atoms with van der Waals surface area (Å²) in [5.41, 5.74) is 0.122. The molecule has 2 fully saturated rings. The zero-order valence-electron chi connectivity index (χ0n) is 10.7. The number of amides is 3. The van der Waals surface area contributed by atoms with E-state index >= 15 is 0 Å². The molecule has 7 heteroatoms. The van der Waals surface area contributed by atoms with Crippen LogP contribution in [0.15, 0.2) is 24.3 Å². The summed E-state index contributed by atoms with van der Waals surface area (Å²) in [6, 6.07) is 5.19. The van der Waals surface area contributed by atoms with Crippen LogP contribution < -0.4 is 4.90 Å². The Balaban J connectivity index is 1.85. The Hall–Kier alpha value is -2.44. The van der Waals surface area contributed by atoms with Crippen molar-refractivity contribution in [1.82, 2.24) is 4.90 Å². The lowest BCUT2D eigenvalue weighted by Crippen LogP contribution is -2.34. The maximum atomic E-state index is 12.2. The summed E-state index contributed by atoms with van der Waals surface area (Å²) in [6.45, 7) is 0.647. The lowest BCUT2D eigenvalue weighted by atomic mass is 10.2. The van der Waals surface area contributed by atoms with Gasteiger partial charge in [0.25, 0.3) is 11.6 Å². The van der Waals surface area contributed by atoms with Gasteiger partial charge in [-0.05, 0) is 24.8 Å². The number of benzene rings is 1. The van der Waals surface area contributed by atoms with Crippen LogP contribution in [0, 0.1) is 16.0 Å². The normalized spacial score (nSPS) is 18.8. The van der Waals surface area contributed by atoms with E-state index in [0.29, 0.717) is 12.5 Å². The fourth-order valence-electron chi connectivity index (χ4n) is 2.30. The predicted octanol–water partition coefficient (Wildman–Crippen LogP) is 1.77. The van der Waals surface area contributed by atoms with Crippen LogP contribution in [0.25, 0.3) is 0 Å². The molecule has 2 aliphatic rings. The highest BCUT2D eigenvalue weighted by Crippen LogP contribution is 2.32. The highest BCUT2D eigenvalue weighted by atomic mass is 16.6. The number of non-ortho nitro benzene ring substituents is 1. The highest BCUT2D eigenvalue weighted by molar-refractivity contribution is 6.19. The van der Waals surface area contributed by atoms with Crippen LogP contribution in [0.4, 0.5) is 16.2 Å². The van der Waals surface area contributed by atoms with Crippen molar-refractivity contribution in [2.75, 3.05) is 18.0 Å². The average Bonchev–Trinajstić information content (AvgIpc) is 3.17. The van der Waals surface area contributed by atoms with Gasteiger partial charge in [-0.25, -0.2) is 9.69 Å². The van der Waals surface area contributed by atoms with Gasteiger partial charge in [0, 0.05) is 18.7 Å². The van der Waals surface area contributed by atoms with Gasteiger partial charge in [-0.15, -0.1) is 0 Å². The molecule has 0 spiro atoms. The molecule has 0 N–H and O–H groups in total. The largest absolute Gasteiger partial charge is 0.331 e. The smallest absolute Gasteiger partial charge is 0.314 e. The van der Waals surface area contributed by atoms with Gasteiger partial charge in [0.2, 0.25) is 0 Å². The van der Waals surface area contributed by atoms with Crippen molar-refractivity contribution in [1.29, 1.82) is 0 Å². The van der Waals surface area contributed by atoms with Gasteiger partial charge < -0.3 is 4.90 Å². The third-order valence-electron chi connectivity index (χ3n) is 3.51. The van der Waals surface area contributed by atoms with Gasteiger partial charge in [0.1, 0.15) is 6.54 Å². The fourth-order valence-corrected chi connectivity index (χ4v) is 2.30. The van der Waals surface area contributed by atoms with E-state index in [1.165, 1.54) is 29.2 Å². The number of carbonyl (C=O) groups excluding carboxylic acids is 2. The molecule has 1 aliphatic carbocycles. The second-order valence-electron chi connectivity index (χ2n) is 5.11. The number of nitro benzene ring substituents is 1. The van der Waals surface area contributed by atoms with Crippen LogP contribution in [-0.4, -0.2) is 34.9 Å². The minimum absolute atomic E-state index is 0.0536. The average molecular weight is 275 g/mol. The number of urea groups is 1. The minimum atomic E-state index is -0.545. The summed E-state index contributed by atoms with van der Waals surface area (Å²) in [7, 11) is 0. The van der Waals surface area contributed by atoms with Crippen LogP contribution in [0.3, 0.4) is 0 Å². The maximum Gasteiger partial charge on any atom is 0.331 e. The van der Waals surface area contributed by atoms with E-state index in [-0.39, 0.29) is 29.9 Å². The van der Waals surface area contributed by atoms with Gasteiger partial charge in [0.15, 0.2) is 0 Å². The van der Waals surface area contributed by atoms with E-state index < -0.39 is 4.92 Å². The van der Waals surface area contributed by atoms with Crippen LogP contribution in [0.1, 0.15) is 12.8 Å². The van der Waals surface area contributed by atoms with E-state index in [1.54, 1.807) is 0 Å². The maximum absolute atomic E-state index is 12.2. The Morgan fingerprint density at radius 2 is 2.05 bits per heavy atom. The molecule has 3 rings (SSSR count). The molecule has 3 amide bonds. The van der Waals surface area contributed by atoms with Gasteiger partial charge in [-0.2, -0.15) is 0 Å². The molecular formula is C13H13N3O4. The van der Waals surface area contributed by atoms with Crippen molar-refractivity contribution in [3.8, 4) is 0 Å². The topological polar surface area (TPSA) is 83.8 Å². The number of anilines is 1. The summed E-state index contributed by atoms with van der Waals surface area (Å²) in [5.74, 6) is 0.160. The Bertz CT molecular complexity index is 597. The number of nitro groups is 1. The lowest BCUT2D eigenvalue weighted by Gasteiger charge is -2.16. The molecule has 0 atom stereocenters. The second kappa shape index (κ2) is 4.59. The van der Waals surface area contributed by atoms with Crippen LogP contribution >= 0.6 is 0 Å². The van der Waals surface area contributed by atoms with Crippen LogP contribution in [0.2, 0.25) is 0 Å². The number of hydrogen-bond acceptors (Lipinski definition) is 4. The molecule has 1 aliphatic heterocycles. The molecule has 104 valence electrons. The van der Waals surface area contributed by atoms with Crippen LogP contribution in [-0.2, 0) is 4.79 Å². The SMILES string of the molecule is O=C1CN(CC2CC2)C(=O)N1c1cccc([N+](=O)[O-])c1. The Morgan fingerprint density at radius 3 is 2.70 bits per heavy atom.